The van der Waals surface area contributed by atoms with Crippen molar-refractivity contribution in [3.05, 3.63) is 41.9 Å². The van der Waals surface area contributed by atoms with Crippen LogP contribution < -0.4 is 5.73 Å². The number of pyridine rings is 1. The summed E-state index contributed by atoms with van der Waals surface area (Å²) in [4.78, 5) is 3.93. The van der Waals surface area contributed by atoms with Crippen LogP contribution in [0, 0.1) is 0 Å². The number of hydrogen-bond acceptors (Lipinski definition) is 4. The molecule has 2 aromatic rings. The van der Waals surface area contributed by atoms with E-state index in [1.54, 1.807) is 18.5 Å². The molecule has 2 aromatic heterocycles. The molecule has 3 N–H and O–H groups in total. The van der Waals surface area contributed by atoms with E-state index >= 15 is 0 Å². The van der Waals surface area contributed by atoms with Gasteiger partial charge in [-0.1, -0.05) is 0 Å². The van der Waals surface area contributed by atoms with Crippen LogP contribution in [0.15, 0.2) is 30.7 Å². The molecule has 1 unspecified atom stereocenters. The van der Waals surface area contributed by atoms with Gasteiger partial charge in [0, 0.05) is 30.4 Å². The third kappa shape index (κ3) is 2.87. The first-order valence-electron chi connectivity index (χ1n) is 5.99. The molecule has 0 amide bonds. The lowest BCUT2D eigenvalue weighted by Gasteiger charge is -2.09. The van der Waals surface area contributed by atoms with Crippen LogP contribution >= 0.6 is 0 Å². The van der Waals surface area contributed by atoms with Gasteiger partial charge in [-0.25, -0.2) is 4.98 Å². The number of aliphatic hydroxyl groups is 1. The highest BCUT2D eigenvalue weighted by molar-refractivity contribution is 5.32. The summed E-state index contributed by atoms with van der Waals surface area (Å²) in [6, 6.07) is 3.92. The summed E-state index contributed by atoms with van der Waals surface area (Å²) in [6.45, 7) is 4.10. The average Bonchev–Trinajstić information content (AvgIpc) is 2.78. The molecule has 0 aliphatic heterocycles. The molecule has 2 heterocycles. The van der Waals surface area contributed by atoms with Gasteiger partial charge in [-0.15, -0.1) is 0 Å². The molecule has 5 nitrogen and oxygen atoms in total. The predicted octanol–water partition coefficient (Wildman–Crippen LogP) is 1.72. The first-order valence-corrected chi connectivity index (χ1v) is 5.99. The normalized spacial score (nSPS) is 12.9. The Balaban J connectivity index is 2.09. The second-order valence-electron chi connectivity index (χ2n) is 4.66. The molecule has 5 heteroatoms. The van der Waals surface area contributed by atoms with Crippen molar-refractivity contribution in [2.45, 2.75) is 32.4 Å². The van der Waals surface area contributed by atoms with Gasteiger partial charge in [0.05, 0.1) is 12.3 Å². The first kappa shape index (κ1) is 12.6. The van der Waals surface area contributed by atoms with Gasteiger partial charge in [-0.2, -0.15) is 5.10 Å². The van der Waals surface area contributed by atoms with Crippen molar-refractivity contribution in [2.75, 3.05) is 5.73 Å². The van der Waals surface area contributed by atoms with Gasteiger partial charge in [-0.05, 0) is 31.5 Å². The monoisotopic (exact) mass is 246 g/mol. The number of nitrogen functional groups attached to an aromatic ring is 1. The van der Waals surface area contributed by atoms with E-state index in [1.165, 1.54) is 0 Å². The Kier molecular flexibility index (Phi) is 3.62. The molecule has 0 bridgehead atoms. The standard InChI is InChI=1S/C13H18N4O/c1-9(2)17-8-11(7-16-17)12(18)5-10-3-4-15-13(14)6-10/h3-4,6-9,12,18H,5H2,1-2H3,(H2,14,15). The van der Waals surface area contributed by atoms with Crippen LogP contribution in [0.5, 0.6) is 0 Å². The van der Waals surface area contributed by atoms with Gasteiger partial charge in [0.2, 0.25) is 0 Å². The Morgan fingerprint density at radius 3 is 2.83 bits per heavy atom. The molecular weight excluding hydrogens is 228 g/mol. The van der Waals surface area contributed by atoms with Crippen LogP contribution in [-0.4, -0.2) is 19.9 Å². The maximum atomic E-state index is 10.1. The van der Waals surface area contributed by atoms with E-state index in [1.807, 2.05) is 30.8 Å². The zero-order valence-corrected chi connectivity index (χ0v) is 10.6. The molecule has 0 fully saturated rings. The molecule has 0 saturated carbocycles. The van der Waals surface area contributed by atoms with Crippen molar-refractivity contribution < 1.29 is 5.11 Å². The minimum absolute atomic E-state index is 0.294. The van der Waals surface area contributed by atoms with E-state index in [0.717, 1.165) is 11.1 Å². The molecule has 0 aliphatic rings. The zero-order valence-electron chi connectivity index (χ0n) is 10.6. The lowest BCUT2D eigenvalue weighted by Crippen LogP contribution is -2.03. The van der Waals surface area contributed by atoms with Crippen LogP contribution in [0.3, 0.4) is 0 Å². The Morgan fingerprint density at radius 2 is 2.22 bits per heavy atom. The van der Waals surface area contributed by atoms with Gasteiger partial charge in [0.15, 0.2) is 0 Å². The van der Waals surface area contributed by atoms with Crippen molar-refractivity contribution in [3.63, 3.8) is 0 Å². The van der Waals surface area contributed by atoms with E-state index < -0.39 is 6.10 Å². The largest absolute Gasteiger partial charge is 0.388 e. The lowest BCUT2D eigenvalue weighted by molar-refractivity contribution is 0.178. The number of hydrogen-bond donors (Lipinski definition) is 2. The van der Waals surface area contributed by atoms with Crippen LogP contribution in [0.1, 0.15) is 37.1 Å². The Hall–Kier alpha value is -1.88. The van der Waals surface area contributed by atoms with Crippen LogP contribution in [0.25, 0.3) is 0 Å². The number of aromatic nitrogens is 3. The Bertz CT molecular complexity index is 521. The molecule has 0 saturated heterocycles. The van der Waals surface area contributed by atoms with Gasteiger partial charge in [0.25, 0.3) is 0 Å². The SMILES string of the molecule is CC(C)n1cc(C(O)Cc2ccnc(N)c2)cn1. The van der Waals surface area contributed by atoms with Gasteiger partial charge in [-0.3, -0.25) is 4.68 Å². The average molecular weight is 246 g/mol. The highest BCUT2D eigenvalue weighted by atomic mass is 16.3. The summed E-state index contributed by atoms with van der Waals surface area (Å²) < 4.78 is 1.83. The van der Waals surface area contributed by atoms with E-state index in [-0.39, 0.29) is 0 Å². The van der Waals surface area contributed by atoms with Gasteiger partial charge in [0.1, 0.15) is 5.82 Å². The van der Waals surface area contributed by atoms with Crippen LogP contribution in [0.4, 0.5) is 5.82 Å². The van der Waals surface area contributed by atoms with Crippen molar-refractivity contribution >= 4 is 5.82 Å². The summed E-state index contributed by atoms with van der Waals surface area (Å²) in [7, 11) is 0. The molecule has 96 valence electrons. The fraction of sp³-hybridized carbons (Fsp3) is 0.385. The summed E-state index contributed by atoms with van der Waals surface area (Å²) in [5.74, 6) is 0.470. The molecule has 0 aliphatic carbocycles. The second kappa shape index (κ2) is 5.18. The minimum Gasteiger partial charge on any atom is -0.388 e. The third-order valence-electron chi connectivity index (χ3n) is 2.81. The van der Waals surface area contributed by atoms with Gasteiger partial charge < -0.3 is 10.8 Å². The second-order valence-corrected chi connectivity index (χ2v) is 4.66. The first-order chi connectivity index (χ1) is 8.56. The highest BCUT2D eigenvalue weighted by Gasteiger charge is 2.12. The number of anilines is 1. The topological polar surface area (TPSA) is 77.0 Å². The molecule has 0 radical (unpaired) electrons. The molecule has 0 aromatic carbocycles. The summed E-state index contributed by atoms with van der Waals surface area (Å²) in [5, 5.41) is 14.4. The minimum atomic E-state index is -0.570. The molecule has 0 spiro atoms. The van der Waals surface area contributed by atoms with Crippen molar-refractivity contribution in [1.82, 2.24) is 14.8 Å². The highest BCUT2D eigenvalue weighted by Crippen LogP contribution is 2.19. The van der Waals surface area contributed by atoms with E-state index in [2.05, 4.69) is 10.1 Å². The number of aliphatic hydroxyl groups excluding tert-OH is 1. The van der Waals surface area contributed by atoms with Crippen molar-refractivity contribution in [1.29, 1.82) is 0 Å². The summed E-state index contributed by atoms with van der Waals surface area (Å²) >= 11 is 0. The predicted molar refractivity (Wildman–Crippen MR) is 69.9 cm³/mol. The number of rotatable bonds is 4. The van der Waals surface area contributed by atoms with E-state index in [9.17, 15) is 5.11 Å². The van der Waals surface area contributed by atoms with Crippen molar-refractivity contribution in [3.8, 4) is 0 Å². The smallest absolute Gasteiger partial charge is 0.123 e. The number of nitrogens with zero attached hydrogens (tertiary/aromatic N) is 3. The fourth-order valence-electron chi connectivity index (χ4n) is 1.77. The molecule has 18 heavy (non-hydrogen) atoms. The maximum Gasteiger partial charge on any atom is 0.123 e. The lowest BCUT2D eigenvalue weighted by atomic mass is 10.1. The Morgan fingerprint density at radius 1 is 1.44 bits per heavy atom. The number of nitrogens with two attached hydrogens (primary N) is 1. The summed E-state index contributed by atoms with van der Waals surface area (Å²) in [6.07, 6.45) is 5.17. The van der Waals surface area contributed by atoms with Crippen LogP contribution in [-0.2, 0) is 6.42 Å². The summed E-state index contributed by atoms with van der Waals surface area (Å²) in [5.41, 5.74) is 7.39. The van der Waals surface area contributed by atoms with Crippen LogP contribution in [0.2, 0.25) is 0 Å². The quantitative estimate of drug-likeness (QED) is 0.861. The maximum absolute atomic E-state index is 10.1. The van der Waals surface area contributed by atoms with E-state index in [0.29, 0.717) is 18.3 Å². The molecule has 2 rings (SSSR count). The van der Waals surface area contributed by atoms with E-state index in [4.69, 9.17) is 5.73 Å². The fourth-order valence-corrected chi connectivity index (χ4v) is 1.77. The third-order valence-corrected chi connectivity index (χ3v) is 2.81. The molecular formula is C13H18N4O. The Labute approximate surface area is 106 Å². The van der Waals surface area contributed by atoms with Crippen molar-refractivity contribution in [2.24, 2.45) is 0 Å². The molecule has 1 atom stereocenters. The zero-order chi connectivity index (χ0) is 13.1. The van der Waals surface area contributed by atoms with Gasteiger partial charge >= 0.3 is 0 Å².